The molecule has 0 radical (unpaired) electrons. The van der Waals surface area contributed by atoms with Crippen LogP contribution in [-0.4, -0.2) is 16.8 Å². The molecule has 1 unspecified atom stereocenters. The molecule has 8 heteroatoms. The van der Waals surface area contributed by atoms with Crippen molar-refractivity contribution in [2.75, 3.05) is 7.11 Å². The van der Waals surface area contributed by atoms with Crippen LogP contribution in [0.4, 0.5) is 0 Å². The summed E-state index contributed by atoms with van der Waals surface area (Å²) < 4.78 is 9.39. The number of rotatable bonds is 3. The molecule has 1 N–H and O–H groups in total. The Morgan fingerprint density at radius 1 is 1.17 bits per heavy atom. The van der Waals surface area contributed by atoms with Crippen LogP contribution in [0.2, 0.25) is 0 Å². The number of aromatic nitrogens is 1. The number of allylic oxidation sites excluding steroid dienone is 1. The topological polar surface area (TPSA) is 63.8 Å². The second kappa shape index (κ2) is 9.32. The first-order valence-electron chi connectivity index (χ1n) is 11.4. The Morgan fingerprint density at radius 3 is 2.83 bits per heavy atom. The van der Waals surface area contributed by atoms with E-state index in [-0.39, 0.29) is 17.4 Å². The molecule has 4 aromatic rings. The summed E-state index contributed by atoms with van der Waals surface area (Å²) in [4.78, 5) is 19.6. The summed E-state index contributed by atoms with van der Waals surface area (Å²) in [5, 5.41) is 10.6. The number of phenolic OH excluding ortho intramolecular Hbond substituents is 1. The van der Waals surface area contributed by atoms with Crippen molar-refractivity contribution in [3.05, 3.63) is 116 Å². The molecule has 1 aliphatic heterocycles. The maximum atomic E-state index is 13.9. The van der Waals surface area contributed by atoms with Gasteiger partial charge < -0.3 is 9.84 Å². The number of halogens is 2. The van der Waals surface area contributed by atoms with E-state index in [0.29, 0.717) is 18.5 Å². The molecule has 5 nitrogen and oxygen atoms in total. The molecule has 0 saturated carbocycles. The number of aryl methyl sites for hydroxylation is 1. The van der Waals surface area contributed by atoms with E-state index in [0.717, 1.165) is 45.5 Å². The number of nitrogens with zero attached hydrogens (tertiary/aromatic N) is 2. The second-order valence-electron chi connectivity index (χ2n) is 8.72. The van der Waals surface area contributed by atoms with Gasteiger partial charge in [0.15, 0.2) is 4.80 Å². The molecule has 0 amide bonds. The van der Waals surface area contributed by atoms with Gasteiger partial charge in [-0.05, 0) is 82.5 Å². The molecule has 0 fully saturated rings. The predicted octanol–water partition coefficient (Wildman–Crippen LogP) is 5.40. The summed E-state index contributed by atoms with van der Waals surface area (Å²) in [7, 11) is 1.65. The van der Waals surface area contributed by atoms with Gasteiger partial charge in [0.05, 0.1) is 27.0 Å². The minimum Gasteiger partial charge on any atom is -0.506 e. The summed E-state index contributed by atoms with van der Waals surface area (Å²) in [6, 6.07) is 19.7. The maximum absolute atomic E-state index is 13.9. The van der Waals surface area contributed by atoms with Crippen LogP contribution in [0.3, 0.4) is 0 Å². The van der Waals surface area contributed by atoms with Gasteiger partial charge in [0.25, 0.3) is 5.56 Å². The van der Waals surface area contributed by atoms with Gasteiger partial charge in [-0.25, -0.2) is 4.99 Å². The van der Waals surface area contributed by atoms with E-state index >= 15 is 0 Å². The summed E-state index contributed by atoms with van der Waals surface area (Å²) in [5.74, 6) is 0.904. The third-order valence-corrected chi connectivity index (χ3v) is 8.89. The summed E-state index contributed by atoms with van der Waals surface area (Å²) in [6.07, 6.45) is 3.48. The number of methoxy groups -OCH3 is 1. The molecule has 1 atom stereocenters. The first-order valence-corrected chi connectivity index (χ1v) is 14.1. The lowest BCUT2D eigenvalue weighted by Gasteiger charge is -2.31. The van der Waals surface area contributed by atoms with E-state index in [4.69, 9.17) is 9.73 Å². The van der Waals surface area contributed by atoms with Gasteiger partial charge in [0, 0.05) is 15.6 Å². The SMILES string of the molecule is COc1cccc(C2C3=C(N=c4s/c(=C\c5cc(Br)cc(I)c5O)c(=O)n42)c2ccccc2CC3)c1. The average molecular weight is 671 g/mol. The average Bonchev–Trinajstić information content (AvgIpc) is 3.20. The van der Waals surface area contributed by atoms with Gasteiger partial charge in [-0.2, -0.15) is 0 Å². The number of thiazole rings is 1. The Hall–Kier alpha value is -2.69. The van der Waals surface area contributed by atoms with Crippen LogP contribution in [0.25, 0.3) is 11.8 Å². The van der Waals surface area contributed by atoms with Crippen molar-refractivity contribution >= 4 is 61.6 Å². The van der Waals surface area contributed by atoms with Crippen molar-refractivity contribution in [1.29, 1.82) is 0 Å². The summed E-state index contributed by atoms with van der Waals surface area (Å²) in [6.45, 7) is 0. The molecule has 2 heterocycles. The molecule has 2 aliphatic rings. The third kappa shape index (κ3) is 3.95. The molecule has 180 valence electrons. The Bertz CT molecular complexity index is 1760. The maximum Gasteiger partial charge on any atom is 0.271 e. The van der Waals surface area contributed by atoms with Crippen molar-refractivity contribution in [3.63, 3.8) is 0 Å². The number of hydrogen-bond donors (Lipinski definition) is 1. The number of phenols is 1. The zero-order valence-corrected chi connectivity index (χ0v) is 23.7. The van der Waals surface area contributed by atoms with Crippen LogP contribution >= 0.6 is 49.9 Å². The fraction of sp³-hybridized carbons (Fsp3) is 0.143. The Balaban J connectivity index is 1.64. The molecule has 0 saturated heterocycles. The summed E-state index contributed by atoms with van der Waals surface area (Å²) in [5.41, 5.74) is 5.96. The highest BCUT2D eigenvalue weighted by molar-refractivity contribution is 14.1. The van der Waals surface area contributed by atoms with Gasteiger partial charge >= 0.3 is 0 Å². The van der Waals surface area contributed by atoms with Crippen molar-refractivity contribution in [1.82, 2.24) is 4.57 Å². The molecule has 0 bridgehead atoms. The molecule has 1 aromatic heterocycles. The van der Waals surface area contributed by atoms with Gasteiger partial charge in [-0.1, -0.05) is 63.7 Å². The van der Waals surface area contributed by atoms with Crippen LogP contribution in [0.1, 0.15) is 34.7 Å². The molecule has 36 heavy (non-hydrogen) atoms. The van der Waals surface area contributed by atoms with Crippen molar-refractivity contribution in [2.45, 2.75) is 18.9 Å². The minimum absolute atomic E-state index is 0.119. The highest BCUT2D eigenvalue weighted by atomic mass is 127. The number of hydrogen-bond acceptors (Lipinski definition) is 5. The zero-order valence-electron chi connectivity index (χ0n) is 19.2. The number of ether oxygens (including phenoxy) is 1. The normalized spacial score (nSPS) is 16.8. The van der Waals surface area contributed by atoms with Crippen LogP contribution in [0.15, 0.2) is 80.5 Å². The van der Waals surface area contributed by atoms with E-state index in [9.17, 15) is 9.90 Å². The van der Waals surface area contributed by atoms with Gasteiger partial charge in [-0.15, -0.1) is 0 Å². The van der Waals surface area contributed by atoms with Gasteiger partial charge in [0.1, 0.15) is 11.5 Å². The highest BCUT2D eigenvalue weighted by Crippen LogP contribution is 2.41. The summed E-state index contributed by atoms with van der Waals surface area (Å²) >= 11 is 6.93. The van der Waals surface area contributed by atoms with Gasteiger partial charge in [0.2, 0.25) is 0 Å². The van der Waals surface area contributed by atoms with E-state index in [1.807, 2.05) is 42.5 Å². The van der Waals surface area contributed by atoms with Crippen LogP contribution in [0.5, 0.6) is 11.5 Å². The molecule has 3 aromatic carbocycles. The Labute approximate surface area is 233 Å². The molecule has 1 aliphatic carbocycles. The zero-order chi connectivity index (χ0) is 25.0. The lowest BCUT2D eigenvalue weighted by molar-refractivity contribution is 0.413. The van der Waals surface area contributed by atoms with E-state index < -0.39 is 0 Å². The second-order valence-corrected chi connectivity index (χ2v) is 11.8. The lowest BCUT2D eigenvalue weighted by atomic mass is 9.83. The first kappa shape index (κ1) is 23.7. The minimum atomic E-state index is -0.280. The van der Waals surface area contributed by atoms with Crippen LogP contribution in [0, 0.1) is 3.57 Å². The quantitative estimate of drug-likeness (QED) is 0.297. The number of fused-ring (bicyclic) bond motifs is 3. The standard InChI is InChI=1S/C28H20BrIN2O3S/c1-35-19-7-4-6-16(12-19)25-21-10-9-15-5-2-3-8-20(15)24(21)31-28-32(25)27(34)23(36-28)13-17-11-18(29)14-22(30)26(17)33/h2-8,11-14,25,33H,9-10H2,1H3/b23-13-. The smallest absolute Gasteiger partial charge is 0.271 e. The monoisotopic (exact) mass is 670 g/mol. The van der Waals surface area contributed by atoms with E-state index in [1.54, 1.807) is 17.8 Å². The van der Waals surface area contributed by atoms with Crippen LogP contribution in [-0.2, 0) is 6.42 Å². The largest absolute Gasteiger partial charge is 0.506 e. The molecular weight excluding hydrogens is 651 g/mol. The third-order valence-electron chi connectivity index (χ3n) is 6.63. The Morgan fingerprint density at radius 2 is 2.00 bits per heavy atom. The van der Waals surface area contributed by atoms with Crippen molar-refractivity contribution in [2.24, 2.45) is 4.99 Å². The first-order chi connectivity index (χ1) is 17.4. The van der Waals surface area contributed by atoms with E-state index in [1.165, 1.54) is 16.9 Å². The van der Waals surface area contributed by atoms with Crippen LogP contribution < -0.4 is 19.6 Å². The molecular formula is C28H20BrIN2O3S. The fourth-order valence-electron chi connectivity index (χ4n) is 4.97. The Kier molecular flexibility index (Phi) is 6.13. The van der Waals surface area contributed by atoms with Crippen molar-refractivity contribution < 1.29 is 9.84 Å². The highest BCUT2D eigenvalue weighted by Gasteiger charge is 2.32. The lowest BCUT2D eigenvalue weighted by Crippen LogP contribution is -2.38. The fourth-order valence-corrected chi connectivity index (χ4v) is 7.51. The van der Waals surface area contributed by atoms with Gasteiger partial charge in [-0.3, -0.25) is 9.36 Å². The number of benzene rings is 3. The number of aromatic hydroxyl groups is 1. The molecule has 6 rings (SSSR count). The molecule has 0 spiro atoms. The predicted molar refractivity (Wildman–Crippen MR) is 154 cm³/mol. The van der Waals surface area contributed by atoms with E-state index in [2.05, 4.69) is 56.7 Å². The van der Waals surface area contributed by atoms with Crippen molar-refractivity contribution in [3.8, 4) is 11.5 Å².